The molecule has 7 heteroatoms. The second-order valence-electron chi connectivity index (χ2n) is 8.85. The summed E-state index contributed by atoms with van der Waals surface area (Å²) >= 11 is 1.31. The van der Waals surface area contributed by atoms with Crippen molar-refractivity contribution in [3.05, 3.63) is 101 Å². The molecule has 0 spiro atoms. The molecule has 0 aromatic heterocycles. The minimum atomic E-state index is -0.565. The summed E-state index contributed by atoms with van der Waals surface area (Å²) in [6.07, 6.45) is 0.766. The molecule has 35 heavy (non-hydrogen) atoms. The Hall–Kier alpha value is -3.71. The molecule has 0 bridgehead atoms. The smallest absolute Gasteiger partial charge is 0.262 e. The Labute approximate surface area is 209 Å². The third kappa shape index (κ3) is 5.20. The van der Waals surface area contributed by atoms with Crippen LogP contribution in [0.5, 0.6) is 0 Å². The van der Waals surface area contributed by atoms with E-state index in [1.807, 2.05) is 66.5 Å². The van der Waals surface area contributed by atoms with E-state index in [0.717, 1.165) is 22.4 Å². The highest BCUT2D eigenvalue weighted by Gasteiger charge is 2.39. The van der Waals surface area contributed by atoms with Crippen LogP contribution in [0.2, 0.25) is 0 Å². The van der Waals surface area contributed by atoms with Crippen LogP contribution in [-0.4, -0.2) is 33.0 Å². The zero-order valence-corrected chi connectivity index (χ0v) is 20.5. The molecule has 2 atom stereocenters. The SMILES string of the molecule is Cc1ccc(NC(=O)C[C@H]2SC(N3N=C(c4ccccc4)C[C@@H]3c3ccc(C)cc3)=NC2=O)cc1. The maximum atomic E-state index is 12.7. The zero-order chi connectivity index (χ0) is 24.4. The van der Waals surface area contributed by atoms with Gasteiger partial charge in [0.1, 0.15) is 5.25 Å². The lowest BCUT2D eigenvalue weighted by atomic mass is 9.98. The number of anilines is 1. The number of thioether (sulfide) groups is 1. The first kappa shape index (κ1) is 23.1. The number of nitrogens with one attached hydrogen (secondary N) is 1. The van der Waals surface area contributed by atoms with E-state index in [2.05, 4.69) is 41.5 Å². The quantitative estimate of drug-likeness (QED) is 0.523. The molecule has 0 aliphatic carbocycles. The van der Waals surface area contributed by atoms with E-state index >= 15 is 0 Å². The van der Waals surface area contributed by atoms with Crippen LogP contribution in [0.15, 0.2) is 89.0 Å². The molecule has 0 fully saturated rings. The first-order valence-electron chi connectivity index (χ1n) is 11.6. The van der Waals surface area contributed by atoms with Gasteiger partial charge < -0.3 is 5.32 Å². The number of benzene rings is 3. The van der Waals surface area contributed by atoms with Crippen molar-refractivity contribution in [2.45, 2.75) is 38.0 Å². The van der Waals surface area contributed by atoms with E-state index in [0.29, 0.717) is 17.3 Å². The maximum absolute atomic E-state index is 12.7. The highest BCUT2D eigenvalue weighted by molar-refractivity contribution is 8.15. The number of hydrogen-bond acceptors (Lipinski definition) is 5. The van der Waals surface area contributed by atoms with Crippen LogP contribution in [0.25, 0.3) is 0 Å². The van der Waals surface area contributed by atoms with Gasteiger partial charge in [0.05, 0.1) is 11.8 Å². The third-order valence-electron chi connectivity index (χ3n) is 6.11. The summed E-state index contributed by atoms with van der Waals surface area (Å²) in [6.45, 7) is 4.05. The number of carbonyl (C=O) groups is 2. The summed E-state index contributed by atoms with van der Waals surface area (Å²) in [5.74, 6) is -0.504. The third-order valence-corrected chi connectivity index (χ3v) is 7.25. The van der Waals surface area contributed by atoms with Crippen LogP contribution in [-0.2, 0) is 9.59 Å². The molecule has 5 rings (SSSR count). The van der Waals surface area contributed by atoms with E-state index < -0.39 is 5.25 Å². The molecule has 0 saturated carbocycles. The number of amidine groups is 1. The minimum Gasteiger partial charge on any atom is -0.326 e. The molecular formula is C28H26N4O2S. The van der Waals surface area contributed by atoms with Gasteiger partial charge in [0.15, 0.2) is 5.17 Å². The molecule has 1 N–H and O–H groups in total. The number of carbonyl (C=O) groups excluding carboxylic acids is 2. The molecule has 0 radical (unpaired) electrons. The molecule has 3 aromatic rings. The van der Waals surface area contributed by atoms with Crippen molar-refractivity contribution < 1.29 is 9.59 Å². The minimum absolute atomic E-state index is 0.0582. The first-order valence-corrected chi connectivity index (χ1v) is 12.5. The van der Waals surface area contributed by atoms with Gasteiger partial charge in [-0.15, -0.1) is 0 Å². The summed E-state index contributed by atoms with van der Waals surface area (Å²) in [7, 11) is 0. The van der Waals surface area contributed by atoms with E-state index in [9.17, 15) is 9.59 Å². The fraction of sp³-hybridized carbons (Fsp3) is 0.214. The molecule has 2 amide bonds. The molecule has 0 saturated heterocycles. The Morgan fingerprint density at radius 2 is 1.63 bits per heavy atom. The lowest BCUT2D eigenvalue weighted by molar-refractivity contribution is -0.121. The Balaban J connectivity index is 1.34. The van der Waals surface area contributed by atoms with Crippen molar-refractivity contribution in [1.29, 1.82) is 0 Å². The average molecular weight is 483 g/mol. The van der Waals surface area contributed by atoms with Gasteiger partial charge in [0.25, 0.3) is 5.91 Å². The van der Waals surface area contributed by atoms with Crippen molar-refractivity contribution in [3.63, 3.8) is 0 Å². The number of rotatable bonds is 5. The van der Waals surface area contributed by atoms with Crippen molar-refractivity contribution >= 4 is 40.1 Å². The van der Waals surface area contributed by atoms with Crippen LogP contribution in [0.1, 0.15) is 41.1 Å². The van der Waals surface area contributed by atoms with Gasteiger partial charge in [-0.05, 0) is 37.1 Å². The second kappa shape index (κ2) is 9.88. The first-order chi connectivity index (χ1) is 17.0. The molecule has 3 aromatic carbocycles. The fourth-order valence-electron chi connectivity index (χ4n) is 4.16. The number of amides is 2. The monoisotopic (exact) mass is 482 g/mol. The molecule has 176 valence electrons. The fourth-order valence-corrected chi connectivity index (χ4v) is 5.22. The van der Waals surface area contributed by atoms with Gasteiger partial charge in [-0.1, -0.05) is 89.6 Å². The van der Waals surface area contributed by atoms with Crippen molar-refractivity contribution in [3.8, 4) is 0 Å². The van der Waals surface area contributed by atoms with Crippen molar-refractivity contribution in [2.24, 2.45) is 10.1 Å². The number of nitrogens with zero attached hydrogens (tertiary/aromatic N) is 3. The Morgan fingerprint density at radius 1 is 0.971 bits per heavy atom. The topological polar surface area (TPSA) is 74.1 Å². The van der Waals surface area contributed by atoms with Crippen LogP contribution < -0.4 is 5.32 Å². The van der Waals surface area contributed by atoms with Gasteiger partial charge >= 0.3 is 0 Å². The van der Waals surface area contributed by atoms with Gasteiger partial charge in [-0.2, -0.15) is 10.1 Å². The lowest BCUT2D eigenvalue weighted by Crippen LogP contribution is -2.25. The van der Waals surface area contributed by atoms with Gasteiger partial charge in [-0.3, -0.25) is 9.59 Å². The highest BCUT2D eigenvalue weighted by Crippen LogP contribution is 2.38. The summed E-state index contributed by atoms with van der Waals surface area (Å²) in [5.41, 5.74) is 6.13. The molecule has 0 unspecified atom stereocenters. The zero-order valence-electron chi connectivity index (χ0n) is 19.6. The lowest BCUT2D eigenvalue weighted by Gasteiger charge is -2.23. The second-order valence-corrected chi connectivity index (χ2v) is 10.0. The molecule has 2 heterocycles. The predicted octanol–water partition coefficient (Wildman–Crippen LogP) is 5.48. The van der Waals surface area contributed by atoms with Crippen LogP contribution in [0, 0.1) is 13.8 Å². The Kier molecular flexibility index (Phi) is 6.51. The number of aryl methyl sites for hydroxylation is 2. The Bertz CT molecular complexity index is 1300. The summed E-state index contributed by atoms with van der Waals surface area (Å²) < 4.78 is 0. The van der Waals surface area contributed by atoms with Crippen LogP contribution in [0.3, 0.4) is 0 Å². The van der Waals surface area contributed by atoms with Gasteiger partial charge in [0, 0.05) is 18.5 Å². The number of hydrazone groups is 1. The largest absolute Gasteiger partial charge is 0.326 e. The summed E-state index contributed by atoms with van der Waals surface area (Å²) in [5, 5.41) is 9.59. The predicted molar refractivity (Wildman–Crippen MR) is 142 cm³/mol. The number of hydrogen-bond donors (Lipinski definition) is 1. The maximum Gasteiger partial charge on any atom is 0.262 e. The Morgan fingerprint density at radius 3 is 2.31 bits per heavy atom. The summed E-state index contributed by atoms with van der Waals surface area (Å²) in [6, 6.07) is 26.0. The van der Waals surface area contributed by atoms with E-state index in [-0.39, 0.29) is 24.3 Å². The standard InChI is InChI=1S/C28H26N4O2S/c1-18-8-12-21(13-9-18)24-16-23(20-6-4-3-5-7-20)31-32(24)28-30-27(34)25(35-28)17-26(33)29-22-14-10-19(2)11-15-22/h3-15,24-25H,16-17H2,1-2H3,(H,29,33)/t24-,25-/m1/s1. The molecular weight excluding hydrogens is 456 g/mol. The van der Waals surface area contributed by atoms with Crippen molar-refractivity contribution in [2.75, 3.05) is 5.32 Å². The van der Waals surface area contributed by atoms with E-state index in [1.165, 1.54) is 17.3 Å². The molecule has 2 aliphatic rings. The van der Waals surface area contributed by atoms with E-state index in [1.54, 1.807) is 0 Å². The number of aliphatic imine (C=N–C) groups is 1. The van der Waals surface area contributed by atoms with Crippen molar-refractivity contribution in [1.82, 2.24) is 5.01 Å². The normalized spacial score (nSPS) is 19.5. The highest BCUT2D eigenvalue weighted by atomic mass is 32.2. The summed E-state index contributed by atoms with van der Waals surface area (Å²) in [4.78, 5) is 29.7. The molecule has 2 aliphatic heterocycles. The van der Waals surface area contributed by atoms with Gasteiger partial charge in [-0.25, -0.2) is 5.01 Å². The average Bonchev–Trinajstić information content (AvgIpc) is 3.46. The van der Waals surface area contributed by atoms with Gasteiger partial charge in [0.2, 0.25) is 5.91 Å². The van der Waals surface area contributed by atoms with E-state index in [4.69, 9.17) is 5.10 Å². The molecule has 6 nitrogen and oxygen atoms in total. The van der Waals surface area contributed by atoms with Crippen LogP contribution in [0.4, 0.5) is 5.69 Å². The van der Waals surface area contributed by atoms with Crippen LogP contribution >= 0.6 is 11.8 Å².